The smallest absolute Gasteiger partial charge is 0.380 e. The van der Waals surface area contributed by atoms with E-state index in [1.165, 1.54) is 12.1 Å². The lowest BCUT2D eigenvalue weighted by Crippen LogP contribution is -2.14. The van der Waals surface area contributed by atoms with Gasteiger partial charge in [-0.25, -0.2) is 4.99 Å². The molecule has 0 aromatic heterocycles. The summed E-state index contributed by atoms with van der Waals surface area (Å²) in [4.78, 5) is 6.25. The van der Waals surface area contributed by atoms with Gasteiger partial charge in [-0.15, -0.1) is 0 Å². The van der Waals surface area contributed by atoms with Crippen LogP contribution in [0.15, 0.2) is 41.4 Å². The maximum absolute atomic E-state index is 13.1. The summed E-state index contributed by atoms with van der Waals surface area (Å²) in [6, 6.07) is 9.11. The van der Waals surface area contributed by atoms with Crippen molar-refractivity contribution in [3.8, 4) is 0 Å². The SMILES string of the molecule is CCN(C)/C=N\c1cc(C)cc(NCc2ccccc2C(F)(F)F)c1Cl. The van der Waals surface area contributed by atoms with Crippen LogP contribution in [-0.4, -0.2) is 24.8 Å². The van der Waals surface area contributed by atoms with Crippen LogP contribution in [0.5, 0.6) is 0 Å². The predicted octanol–water partition coefficient (Wildman–Crippen LogP) is 5.89. The average Bonchev–Trinajstić information content (AvgIpc) is 2.60. The minimum Gasteiger partial charge on any atom is -0.380 e. The van der Waals surface area contributed by atoms with Gasteiger partial charge in [-0.3, -0.25) is 0 Å². The highest BCUT2D eigenvalue weighted by atomic mass is 35.5. The fourth-order valence-corrected chi connectivity index (χ4v) is 2.58. The number of rotatable bonds is 6. The Labute approximate surface area is 156 Å². The second kappa shape index (κ2) is 8.45. The summed E-state index contributed by atoms with van der Waals surface area (Å²) < 4.78 is 39.3. The van der Waals surface area contributed by atoms with Crippen LogP contribution < -0.4 is 5.32 Å². The summed E-state index contributed by atoms with van der Waals surface area (Å²) in [6.07, 6.45) is -2.72. The van der Waals surface area contributed by atoms with Crippen LogP contribution in [0.3, 0.4) is 0 Å². The van der Waals surface area contributed by atoms with E-state index in [0.717, 1.165) is 18.2 Å². The van der Waals surface area contributed by atoms with Gasteiger partial charge in [0, 0.05) is 20.1 Å². The molecule has 2 rings (SSSR count). The van der Waals surface area contributed by atoms with E-state index in [1.54, 1.807) is 18.5 Å². The Bertz CT molecular complexity index is 788. The minimum atomic E-state index is -4.39. The number of aliphatic imine (C=N–C) groups is 1. The number of hydrogen-bond acceptors (Lipinski definition) is 2. The van der Waals surface area contributed by atoms with E-state index in [4.69, 9.17) is 11.6 Å². The zero-order valence-electron chi connectivity index (χ0n) is 14.9. The summed E-state index contributed by atoms with van der Waals surface area (Å²) >= 11 is 6.39. The first-order chi connectivity index (χ1) is 12.2. The van der Waals surface area contributed by atoms with Gasteiger partial charge in [0.25, 0.3) is 0 Å². The molecular formula is C19H21ClF3N3. The number of halogens is 4. The van der Waals surface area contributed by atoms with Gasteiger partial charge in [-0.1, -0.05) is 29.8 Å². The molecule has 0 atom stereocenters. The summed E-state index contributed by atoms with van der Waals surface area (Å²) in [7, 11) is 1.89. The number of nitrogens with one attached hydrogen (secondary N) is 1. The molecule has 1 N–H and O–H groups in total. The number of aryl methyl sites for hydroxylation is 1. The van der Waals surface area contributed by atoms with E-state index < -0.39 is 11.7 Å². The molecule has 0 saturated heterocycles. The third-order valence-corrected chi connectivity index (χ3v) is 4.28. The summed E-state index contributed by atoms with van der Waals surface area (Å²) in [6.45, 7) is 4.69. The third-order valence-electron chi connectivity index (χ3n) is 3.88. The molecule has 2 aromatic carbocycles. The van der Waals surface area contributed by atoms with Gasteiger partial charge in [0.2, 0.25) is 0 Å². The Morgan fingerprint density at radius 2 is 1.92 bits per heavy atom. The first-order valence-corrected chi connectivity index (χ1v) is 8.53. The van der Waals surface area contributed by atoms with Crippen molar-refractivity contribution in [3.63, 3.8) is 0 Å². The first kappa shape index (κ1) is 20.1. The van der Waals surface area contributed by atoms with E-state index >= 15 is 0 Å². The van der Waals surface area contributed by atoms with Crippen molar-refractivity contribution in [2.75, 3.05) is 18.9 Å². The van der Waals surface area contributed by atoms with Crippen LogP contribution in [0.4, 0.5) is 24.5 Å². The van der Waals surface area contributed by atoms with Crippen molar-refractivity contribution in [3.05, 3.63) is 58.1 Å². The van der Waals surface area contributed by atoms with E-state index in [2.05, 4.69) is 10.3 Å². The Morgan fingerprint density at radius 3 is 2.58 bits per heavy atom. The van der Waals surface area contributed by atoms with Crippen LogP contribution in [0.1, 0.15) is 23.6 Å². The summed E-state index contributed by atoms with van der Waals surface area (Å²) in [5, 5.41) is 3.38. The molecule has 0 aliphatic heterocycles. The van der Waals surface area contributed by atoms with Crippen LogP contribution in [0.2, 0.25) is 5.02 Å². The Hall–Kier alpha value is -2.21. The maximum Gasteiger partial charge on any atom is 0.416 e. The second-order valence-corrected chi connectivity index (χ2v) is 6.35. The number of hydrogen-bond donors (Lipinski definition) is 1. The molecule has 0 unspecified atom stereocenters. The third kappa shape index (κ3) is 5.14. The Balaban J connectivity index is 2.26. The van der Waals surface area contributed by atoms with Crippen LogP contribution in [0, 0.1) is 6.92 Å². The maximum atomic E-state index is 13.1. The van der Waals surface area contributed by atoms with Crippen molar-refractivity contribution in [1.29, 1.82) is 0 Å². The van der Waals surface area contributed by atoms with Gasteiger partial charge in [-0.05, 0) is 43.2 Å². The van der Waals surface area contributed by atoms with E-state index in [9.17, 15) is 13.2 Å². The zero-order valence-corrected chi connectivity index (χ0v) is 15.6. The summed E-state index contributed by atoms with van der Waals surface area (Å²) in [5.41, 5.74) is 1.54. The average molecular weight is 384 g/mol. The zero-order chi connectivity index (χ0) is 19.3. The summed E-state index contributed by atoms with van der Waals surface area (Å²) in [5.74, 6) is 0. The van der Waals surface area contributed by atoms with Crippen molar-refractivity contribution in [2.45, 2.75) is 26.6 Å². The van der Waals surface area contributed by atoms with Gasteiger partial charge < -0.3 is 10.2 Å². The molecule has 0 heterocycles. The van der Waals surface area contributed by atoms with Gasteiger partial charge in [0.15, 0.2) is 0 Å². The van der Waals surface area contributed by atoms with E-state index in [-0.39, 0.29) is 12.1 Å². The molecule has 3 nitrogen and oxygen atoms in total. The van der Waals surface area contributed by atoms with Crippen molar-refractivity contribution in [2.24, 2.45) is 4.99 Å². The van der Waals surface area contributed by atoms with Crippen molar-refractivity contribution < 1.29 is 13.2 Å². The number of alkyl halides is 3. The van der Waals surface area contributed by atoms with Crippen LogP contribution in [-0.2, 0) is 12.7 Å². The molecular weight excluding hydrogens is 363 g/mol. The first-order valence-electron chi connectivity index (χ1n) is 8.16. The molecule has 0 saturated carbocycles. The van der Waals surface area contributed by atoms with Crippen LogP contribution in [0.25, 0.3) is 0 Å². The van der Waals surface area contributed by atoms with E-state index in [0.29, 0.717) is 16.4 Å². The standard InChI is InChI=1S/C19H21ClF3N3/c1-4-26(3)12-25-17-10-13(2)9-16(18(17)20)24-11-14-7-5-6-8-15(14)19(21,22)23/h5-10,12,24H,4,11H2,1-3H3/b25-12-. The van der Waals surface area contributed by atoms with Crippen LogP contribution >= 0.6 is 11.6 Å². The largest absolute Gasteiger partial charge is 0.416 e. The van der Waals surface area contributed by atoms with Crippen molar-refractivity contribution in [1.82, 2.24) is 4.90 Å². The number of benzene rings is 2. The molecule has 0 fully saturated rings. The Morgan fingerprint density at radius 1 is 1.23 bits per heavy atom. The van der Waals surface area contributed by atoms with E-state index in [1.807, 2.05) is 31.9 Å². The number of nitrogens with zero attached hydrogens (tertiary/aromatic N) is 2. The quantitative estimate of drug-likeness (QED) is 0.497. The predicted molar refractivity (Wildman–Crippen MR) is 101 cm³/mol. The lowest BCUT2D eigenvalue weighted by Gasteiger charge is -2.16. The molecule has 7 heteroatoms. The highest BCUT2D eigenvalue weighted by molar-refractivity contribution is 6.35. The lowest BCUT2D eigenvalue weighted by atomic mass is 10.1. The van der Waals surface area contributed by atoms with Gasteiger partial charge in [0.05, 0.1) is 28.3 Å². The molecule has 140 valence electrons. The van der Waals surface area contributed by atoms with Gasteiger partial charge in [-0.2, -0.15) is 13.2 Å². The molecule has 0 amide bonds. The molecule has 0 aliphatic carbocycles. The van der Waals surface area contributed by atoms with Gasteiger partial charge in [0.1, 0.15) is 0 Å². The molecule has 0 bridgehead atoms. The highest BCUT2D eigenvalue weighted by Gasteiger charge is 2.32. The van der Waals surface area contributed by atoms with Gasteiger partial charge >= 0.3 is 6.18 Å². The molecule has 0 aliphatic rings. The fraction of sp³-hybridized carbons (Fsp3) is 0.316. The van der Waals surface area contributed by atoms with Crippen molar-refractivity contribution >= 4 is 29.3 Å². The Kier molecular flexibility index (Phi) is 6.53. The lowest BCUT2D eigenvalue weighted by molar-refractivity contribution is -0.138. The minimum absolute atomic E-state index is 0.0108. The molecule has 2 aromatic rings. The number of anilines is 1. The highest BCUT2D eigenvalue weighted by Crippen LogP contribution is 2.35. The molecule has 26 heavy (non-hydrogen) atoms. The fourth-order valence-electron chi connectivity index (χ4n) is 2.36. The molecule has 0 spiro atoms. The molecule has 0 radical (unpaired) electrons. The topological polar surface area (TPSA) is 27.6 Å². The normalized spacial score (nSPS) is 11.8. The second-order valence-electron chi connectivity index (χ2n) is 5.97. The monoisotopic (exact) mass is 383 g/mol.